The number of rotatable bonds is 2. The summed E-state index contributed by atoms with van der Waals surface area (Å²) in [4.78, 5) is 5.08. The van der Waals surface area contributed by atoms with Gasteiger partial charge in [0, 0.05) is 48.0 Å². The van der Waals surface area contributed by atoms with Crippen LogP contribution >= 0.6 is 0 Å². The monoisotopic (exact) mass is 352 g/mol. The van der Waals surface area contributed by atoms with Crippen molar-refractivity contribution in [1.29, 1.82) is 0 Å². The highest BCUT2D eigenvalue weighted by molar-refractivity contribution is 5.78. The summed E-state index contributed by atoms with van der Waals surface area (Å²) in [5, 5.41) is 0. The van der Waals surface area contributed by atoms with Gasteiger partial charge in [-0.3, -0.25) is 0 Å². The number of aromatic nitrogens is 3. The Balaban J connectivity index is 1.68. The number of benzene rings is 2. The van der Waals surface area contributed by atoms with E-state index >= 15 is 0 Å². The van der Waals surface area contributed by atoms with Crippen molar-refractivity contribution in [3.63, 3.8) is 0 Å². The highest BCUT2D eigenvalue weighted by Crippen LogP contribution is 2.39. The number of fused-ring (bicyclic) bond motifs is 3. The second-order valence-electron chi connectivity index (χ2n) is 7.30. The van der Waals surface area contributed by atoms with Crippen LogP contribution in [0, 0.1) is 6.92 Å². The third kappa shape index (κ3) is 2.35. The number of hydrogen-bond donors (Lipinski definition) is 0. The van der Waals surface area contributed by atoms with Gasteiger partial charge in [-0.15, -0.1) is 0 Å². The zero-order chi connectivity index (χ0) is 18.5. The summed E-state index contributed by atoms with van der Waals surface area (Å²) < 4.78 is 4.44. The normalized spacial score (nSPS) is 12.1. The van der Waals surface area contributed by atoms with Crippen LogP contribution in [0.3, 0.4) is 0 Å². The van der Waals surface area contributed by atoms with Crippen molar-refractivity contribution in [3.8, 4) is 33.9 Å². The molecule has 4 aromatic rings. The molecule has 0 N–H and O–H groups in total. The Bertz CT molecular complexity index is 1180. The highest BCUT2D eigenvalue weighted by atomic mass is 15.1. The first-order chi connectivity index (χ1) is 13.1. The lowest BCUT2D eigenvalue weighted by molar-refractivity contribution is -0.660. The van der Waals surface area contributed by atoms with Gasteiger partial charge in [0.25, 0.3) is 0 Å². The summed E-state index contributed by atoms with van der Waals surface area (Å²) in [6.45, 7) is 2.20. The van der Waals surface area contributed by atoms with E-state index in [-0.39, 0.29) is 0 Å². The molecule has 1 aliphatic carbocycles. The van der Waals surface area contributed by atoms with Crippen molar-refractivity contribution in [2.45, 2.75) is 13.3 Å². The number of imidazole rings is 1. The Morgan fingerprint density at radius 2 is 1.63 bits per heavy atom. The molecule has 2 aromatic carbocycles. The van der Waals surface area contributed by atoms with E-state index in [0.29, 0.717) is 0 Å². The first-order valence-electron chi connectivity index (χ1n) is 9.34. The van der Waals surface area contributed by atoms with Crippen molar-refractivity contribution < 1.29 is 4.57 Å². The van der Waals surface area contributed by atoms with Crippen molar-refractivity contribution in [1.82, 2.24) is 9.55 Å². The maximum atomic E-state index is 5.08. The van der Waals surface area contributed by atoms with E-state index in [4.69, 9.17) is 4.98 Å². The third-order valence-corrected chi connectivity index (χ3v) is 5.75. The molecular weight excluding hydrogens is 330 g/mol. The van der Waals surface area contributed by atoms with Crippen LogP contribution in [0.2, 0.25) is 0 Å². The molecule has 0 saturated heterocycles. The summed E-state index contributed by atoms with van der Waals surface area (Å²) in [5.41, 5.74) is 10.0. The minimum atomic E-state index is 0.960. The van der Waals surface area contributed by atoms with E-state index < -0.39 is 0 Å². The maximum absolute atomic E-state index is 5.08. The molecule has 0 aliphatic heterocycles. The van der Waals surface area contributed by atoms with E-state index in [1.807, 2.05) is 0 Å². The van der Waals surface area contributed by atoms with Gasteiger partial charge in [0.15, 0.2) is 6.20 Å². The molecule has 27 heavy (non-hydrogen) atoms. The van der Waals surface area contributed by atoms with E-state index in [9.17, 15) is 0 Å². The predicted octanol–water partition coefficient (Wildman–Crippen LogP) is 4.46. The lowest BCUT2D eigenvalue weighted by Gasteiger charge is -2.11. The SMILES string of the molecule is Cc1c(-c2nc3c(n2C)Cc2ccccc2-3)cccc1-c1cccc[n+]1C. The summed E-state index contributed by atoms with van der Waals surface area (Å²) in [6, 6.07) is 21.4. The second-order valence-corrected chi connectivity index (χ2v) is 7.30. The van der Waals surface area contributed by atoms with Crippen molar-refractivity contribution in [2.75, 3.05) is 0 Å². The Kier molecular flexibility index (Phi) is 3.51. The van der Waals surface area contributed by atoms with E-state index in [1.54, 1.807) is 0 Å². The Morgan fingerprint density at radius 1 is 0.889 bits per heavy atom. The largest absolute Gasteiger partial charge is 0.330 e. The van der Waals surface area contributed by atoms with Crippen LogP contribution in [0.1, 0.15) is 16.8 Å². The topological polar surface area (TPSA) is 21.7 Å². The zero-order valence-corrected chi connectivity index (χ0v) is 15.9. The summed E-state index contributed by atoms with van der Waals surface area (Å²) in [5.74, 6) is 1.05. The second kappa shape index (κ2) is 5.92. The van der Waals surface area contributed by atoms with Crippen LogP contribution in [-0.2, 0) is 20.5 Å². The molecule has 0 bridgehead atoms. The number of aryl methyl sites for hydroxylation is 1. The smallest absolute Gasteiger partial charge is 0.212 e. The number of pyridine rings is 1. The van der Waals surface area contributed by atoms with Gasteiger partial charge in [-0.1, -0.05) is 36.4 Å². The number of hydrogen-bond acceptors (Lipinski definition) is 1. The van der Waals surface area contributed by atoms with Gasteiger partial charge in [-0.05, 0) is 30.2 Å². The fraction of sp³-hybridized carbons (Fsp3) is 0.167. The molecule has 5 rings (SSSR count). The minimum absolute atomic E-state index is 0.960. The van der Waals surface area contributed by atoms with Crippen LogP contribution in [-0.4, -0.2) is 9.55 Å². The predicted molar refractivity (Wildman–Crippen MR) is 108 cm³/mol. The van der Waals surface area contributed by atoms with Crippen LogP contribution in [0.15, 0.2) is 66.9 Å². The quantitative estimate of drug-likeness (QED) is 0.430. The van der Waals surface area contributed by atoms with Crippen LogP contribution in [0.25, 0.3) is 33.9 Å². The van der Waals surface area contributed by atoms with Gasteiger partial charge in [0.2, 0.25) is 5.69 Å². The fourth-order valence-corrected chi connectivity index (χ4v) is 4.24. The summed E-state index contributed by atoms with van der Waals surface area (Å²) >= 11 is 0. The summed E-state index contributed by atoms with van der Waals surface area (Å²) in [6.07, 6.45) is 3.05. The van der Waals surface area contributed by atoms with E-state index in [1.165, 1.54) is 39.2 Å². The Hall–Kier alpha value is -3.20. The average Bonchev–Trinajstić information content (AvgIpc) is 3.20. The fourth-order valence-electron chi connectivity index (χ4n) is 4.24. The van der Waals surface area contributed by atoms with Crippen LogP contribution in [0.5, 0.6) is 0 Å². The average molecular weight is 352 g/mol. The van der Waals surface area contributed by atoms with Gasteiger partial charge < -0.3 is 4.57 Å². The minimum Gasteiger partial charge on any atom is -0.330 e. The molecular formula is C24H22N3+. The standard InChI is InChI=1S/C24H22N3/c1-16-18(21-13-6-7-14-26(21)2)11-8-12-19(16)24-25-23-20-10-5-4-9-17(20)15-22(23)27(24)3/h4-14H,15H2,1-3H3/q+1. The highest BCUT2D eigenvalue weighted by Gasteiger charge is 2.26. The van der Waals surface area contributed by atoms with E-state index in [0.717, 1.165) is 17.9 Å². The molecule has 2 aromatic heterocycles. The molecule has 132 valence electrons. The molecule has 0 radical (unpaired) electrons. The van der Waals surface area contributed by atoms with Crippen LogP contribution in [0.4, 0.5) is 0 Å². The van der Waals surface area contributed by atoms with Gasteiger partial charge in [-0.2, -0.15) is 0 Å². The Morgan fingerprint density at radius 3 is 2.48 bits per heavy atom. The lowest BCUT2D eigenvalue weighted by Crippen LogP contribution is -2.30. The molecule has 0 atom stereocenters. The molecule has 0 fully saturated rings. The van der Waals surface area contributed by atoms with E-state index in [2.05, 4.69) is 97.0 Å². The lowest BCUT2D eigenvalue weighted by atomic mass is 9.98. The van der Waals surface area contributed by atoms with Crippen LogP contribution < -0.4 is 4.57 Å². The van der Waals surface area contributed by atoms with Gasteiger partial charge in [-0.25, -0.2) is 9.55 Å². The molecule has 0 unspecified atom stereocenters. The molecule has 1 aliphatic rings. The molecule has 0 amide bonds. The summed E-state index contributed by atoms with van der Waals surface area (Å²) in [7, 11) is 4.23. The molecule has 3 nitrogen and oxygen atoms in total. The van der Waals surface area contributed by atoms with Gasteiger partial charge in [0.1, 0.15) is 12.9 Å². The zero-order valence-electron chi connectivity index (χ0n) is 15.9. The Labute approximate surface area is 159 Å². The maximum Gasteiger partial charge on any atom is 0.212 e. The molecule has 3 heteroatoms. The number of nitrogens with zero attached hydrogens (tertiary/aromatic N) is 3. The van der Waals surface area contributed by atoms with Crippen molar-refractivity contribution >= 4 is 0 Å². The first kappa shape index (κ1) is 16.0. The van der Waals surface area contributed by atoms with Crippen molar-refractivity contribution in [2.24, 2.45) is 14.1 Å². The van der Waals surface area contributed by atoms with Gasteiger partial charge in [0.05, 0.1) is 5.69 Å². The van der Waals surface area contributed by atoms with Gasteiger partial charge >= 0.3 is 0 Å². The third-order valence-electron chi connectivity index (χ3n) is 5.75. The molecule has 0 saturated carbocycles. The molecule has 0 spiro atoms. The first-order valence-corrected chi connectivity index (χ1v) is 9.34. The molecule has 2 heterocycles. The van der Waals surface area contributed by atoms with Crippen molar-refractivity contribution in [3.05, 3.63) is 83.7 Å².